The van der Waals surface area contributed by atoms with E-state index in [9.17, 15) is 4.79 Å². The normalized spacial score (nSPS) is 11.7. The maximum Gasteiger partial charge on any atom is 0.238 e. The highest BCUT2D eigenvalue weighted by Crippen LogP contribution is 2.25. The third-order valence-electron chi connectivity index (χ3n) is 3.37. The molecule has 3 aromatic rings. The zero-order valence-electron chi connectivity index (χ0n) is 13.4. The molecule has 25 heavy (non-hydrogen) atoms. The number of pyridine rings is 1. The van der Waals surface area contributed by atoms with Crippen molar-refractivity contribution in [2.75, 3.05) is 5.32 Å². The van der Waals surface area contributed by atoms with Gasteiger partial charge >= 0.3 is 0 Å². The fraction of sp³-hybridized carbons (Fsp3) is 0.111. The molecule has 0 saturated carbocycles. The summed E-state index contributed by atoms with van der Waals surface area (Å²) in [6.45, 7) is 3.74. The molecule has 2 heterocycles. The Morgan fingerprint density at radius 3 is 2.80 bits per heavy atom. The summed E-state index contributed by atoms with van der Waals surface area (Å²) in [4.78, 5) is 19.7. The van der Waals surface area contributed by atoms with Gasteiger partial charge in [0.05, 0.1) is 5.25 Å². The number of H-pyrrole nitrogens is 1. The average molecular weight is 351 g/mol. The van der Waals surface area contributed by atoms with E-state index in [4.69, 9.17) is 0 Å². The molecule has 0 aliphatic rings. The molecule has 0 spiro atoms. The Kier molecular flexibility index (Phi) is 5.58. The van der Waals surface area contributed by atoms with Gasteiger partial charge in [-0.15, -0.1) is 16.8 Å². The molecule has 1 atom stereocenters. The predicted octanol–water partition coefficient (Wildman–Crippen LogP) is 3.54. The Balaban J connectivity index is 1.70. The molecule has 2 N–H and O–H groups in total. The van der Waals surface area contributed by atoms with E-state index in [1.807, 2.05) is 42.5 Å². The number of carbonyl (C=O) groups is 1. The molecule has 7 heteroatoms. The number of hydrogen-bond donors (Lipinski definition) is 2. The number of allylic oxidation sites excluding steroid dienone is 1. The number of hydrogen-bond acceptors (Lipinski definition) is 5. The second-order valence-electron chi connectivity index (χ2n) is 5.21. The zero-order chi connectivity index (χ0) is 17.5. The van der Waals surface area contributed by atoms with Crippen LogP contribution in [0.15, 0.2) is 72.7 Å². The van der Waals surface area contributed by atoms with Gasteiger partial charge in [0, 0.05) is 23.6 Å². The summed E-state index contributed by atoms with van der Waals surface area (Å²) < 4.78 is 0. The SMILES string of the molecule is C=CCC(Sc1nnc(-c2cccnc2)[nH]1)C(=O)Nc1ccccc1. The second kappa shape index (κ2) is 8.25. The van der Waals surface area contributed by atoms with Gasteiger partial charge in [0.1, 0.15) is 0 Å². The standard InChI is InChI=1S/C18H17N5OS/c1-2-7-15(17(24)20-14-9-4-3-5-10-14)25-18-21-16(22-23-18)13-8-6-11-19-12-13/h2-6,8-12,15H,1,7H2,(H,20,24)(H,21,22,23). The zero-order valence-corrected chi connectivity index (χ0v) is 14.2. The molecule has 0 aliphatic heterocycles. The second-order valence-corrected chi connectivity index (χ2v) is 6.40. The average Bonchev–Trinajstić information content (AvgIpc) is 3.11. The van der Waals surface area contributed by atoms with Crippen molar-refractivity contribution in [2.45, 2.75) is 16.8 Å². The largest absolute Gasteiger partial charge is 0.325 e. The van der Waals surface area contributed by atoms with Crippen LogP contribution in [0.3, 0.4) is 0 Å². The molecule has 0 saturated heterocycles. The Labute approximate surface area is 149 Å². The number of para-hydroxylation sites is 1. The van der Waals surface area contributed by atoms with Gasteiger partial charge in [-0.05, 0) is 30.7 Å². The van der Waals surface area contributed by atoms with E-state index < -0.39 is 0 Å². The summed E-state index contributed by atoms with van der Waals surface area (Å²) in [6.07, 6.45) is 5.65. The molecule has 126 valence electrons. The van der Waals surface area contributed by atoms with Gasteiger partial charge in [0.25, 0.3) is 0 Å². The van der Waals surface area contributed by atoms with Crippen LogP contribution in [0.2, 0.25) is 0 Å². The van der Waals surface area contributed by atoms with Crippen molar-refractivity contribution < 1.29 is 4.79 Å². The Bertz CT molecular complexity index is 835. The number of aromatic amines is 1. The van der Waals surface area contributed by atoms with Crippen molar-refractivity contribution in [2.24, 2.45) is 0 Å². The summed E-state index contributed by atoms with van der Waals surface area (Å²) in [6, 6.07) is 13.1. The number of nitrogens with one attached hydrogen (secondary N) is 2. The van der Waals surface area contributed by atoms with E-state index in [-0.39, 0.29) is 11.2 Å². The molecule has 1 amide bonds. The van der Waals surface area contributed by atoms with Crippen LogP contribution >= 0.6 is 11.8 Å². The van der Waals surface area contributed by atoms with Crippen molar-refractivity contribution >= 4 is 23.4 Å². The molecule has 0 bridgehead atoms. The van der Waals surface area contributed by atoms with Gasteiger partial charge in [0.15, 0.2) is 11.0 Å². The van der Waals surface area contributed by atoms with Crippen LogP contribution in [0.5, 0.6) is 0 Å². The van der Waals surface area contributed by atoms with Crippen LogP contribution in [-0.2, 0) is 4.79 Å². The fourth-order valence-electron chi connectivity index (χ4n) is 2.17. The topological polar surface area (TPSA) is 83.6 Å². The van der Waals surface area contributed by atoms with E-state index in [1.54, 1.807) is 18.5 Å². The molecule has 1 aromatic carbocycles. The predicted molar refractivity (Wildman–Crippen MR) is 99.1 cm³/mol. The van der Waals surface area contributed by atoms with Gasteiger partial charge in [0.2, 0.25) is 5.91 Å². The van der Waals surface area contributed by atoms with Crippen molar-refractivity contribution in [1.29, 1.82) is 0 Å². The minimum Gasteiger partial charge on any atom is -0.325 e. The van der Waals surface area contributed by atoms with E-state index in [0.717, 1.165) is 11.3 Å². The lowest BCUT2D eigenvalue weighted by Gasteiger charge is -2.13. The summed E-state index contributed by atoms with van der Waals surface area (Å²) in [5.74, 6) is 0.520. The molecule has 1 unspecified atom stereocenters. The van der Waals surface area contributed by atoms with E-state index >= 15 is 0 Å². The van der Waals surface area contributed by atoms with Crippen molar-refractivity contribution in [1.82, 2.24) is 20.2 Å². The van der Waals surface area contributed by atoms with Gasteiger partial charge < -0.3 is 10.3 Å². The molecule has 2 aromatic heterocycles. The number of amides is 1. The number of thioether (sulfide) groups is 1. The Morgan fingerprint density at radius 2 is 2.08 bits per heavy atom. The molecule has 3 rings (SSSR count). The number of anilines is 1. The molecule has 0 radical (unpaired) electrons. The Morgan fingerprint density at radius 1 is 1.24 bits per heavy atom. The molecular weight excluding hydrogens is 334 g/mol. The van der Waals surface area contributed by atoms with Gasteiger partial charge in [-0.2, -0.15) is 0 Å². The van der Waals surface area contributed by atoms with Crippen LogP contribution in [0.1, 0.15) is 6.42 Å². The highest BCUT2D eigenvalue weighted by molar-refractivity contribution is 8.00. The third-order valence-corrected chi connectivity index (χ3v) is 4.47. The van der Waals surface area contributed by atoms with Crippen LogP contribution in [0.4, 0.5) is 5.69 Å². The van der Waals surface area contributed by atoms with E-state index in [0.29, 0.717) is 17.4 Å². The number of benzene rings is 1. The monoisotopic (exact) mass is 351 g/mol. The first kappa shape index (κ1) is 16.9. The van der Waals surface area contributed by atoms with E-state index in [2.05, 4.69) is 32.1 Å². The lowest BCUT2D eigenvalue weighted by Crippen LogP contribution is -2.24. The van der Waals surface area contributed by atoms with Crippen LogP contribution in [0, 0.1) is 0 Å². The van der Waals surface area contributed by atoms with Crippen molar-refractivity contribution in [3.63, 3.8) is 0 Å². The smallest absolute Gasteiger partial charge is 0.238 e. The summed E-state index contributed by atoms with van der Waals surface area (Å²) >= 11 is 1.32. The van der Waals surface area contributed by atoms with E-state index in [1.165, 1.54) is 11.8 Å². The first-order valence-electron chi connectivity index (χ1n) is 7.73. The van der Waals surface area contributed by atoms with Crippen molar-refractivity contribution in [3.05, 3.63) is 67.5 Å². The summed E-state index contributed by atoms with van der Waals surface area (Å²) in [7, 11) is 0. The molecule has 6 nitrogen and oxygen atoms in total. The van der Waals surface area contributed by atoms with Gasteiger partial charge in [-0.3, -0.25) is 9.78 Å². The van der Waals surface area contributed by atoms with Crippen LogP contribution < -0.4 is 5.32 Å². The van der Waals surface area contributed by atoms with Crippen LogP contribution in [-0.4, -0.2) is 31.3 Å². The quantitative estimate of drug-likeness (QED) is 0.502. The summed E-state index contributed by atoms with van der Waals surface area (Å²) in [5.41, 5.74) is 1.60. The highest BCUT2D eigenvalue weighted by Gasteiger charge is 2.21. The lowest BCUT2D eigenvalue weighted by molar-refractivity contribution is -0.115. The first-order chi connectivity index (χ1) is 12.3. The number of nitrogens with zero attached hydrogens (tertiary/aromatic N) is 3. The summed E-state index contributed by atoms with van der Waals surface area (Å²) in [5, 5.41) is 11.4. The number of rotatable bonds is 7. The lowest BCUT2D eigenvalue weighted by atomic mass is 10.2. The maximum absolute atomic E-state index is 12.5. The minimum absolute atomic E-state index is 0.101. The first-order valence-corrected chi connectivity index (χ1v) is 8.61. The molecular formula is C18H17N5OS. The van der Waals surface area contributed by atoms with Crippen molar-refractivity contribution in [3.8, 4) is 11.4 Å². The van der Waals surface area contributed by atoms with Gasteiger partial charge in [-0.1, -0.05) is 36.0 Å². The fourth-order valence-corrected chi connectivity index (χ4v) is 3.08. The minimum atomic E-state index is -0.354. The highest BCUT2D eigenvalue weighted by atomic mass is 32.2. The Hall–Kier alpha value is -2.93. The van der Waals surface area contributed by atoms with Gasteiger partial charge in [-0.25, -0.2) is 0 Å². The number of carbonyl (C=O) groups excluding carboxylic acids is 1. The number of aromatic nitrogens is 4. The maximum atomic E-state index is 12.5. The van der Waals surface area contributed by atoms with Crippen LogP contribution in [0.25, 0.3) is 11.4 Å². The molecule has 0 aliphatic carbocycles. The third kappa shape index (κ3) is 4.54. The molecule has 0 fully saturated rings.